The number of hydrogen-bond donors (Lipinski definition) is 2. The Morgan fingerprint density at radius 1 is 0.810 bits per heavy atom. The second-order valence-electron chi connectivity index (χ2n) is 4.27. The van der Waals surface area contributed by atoms with Crippen LogP contribution < -0.4 is 10.6 Å². The minimum atomic E-state index is -4.78. The standard InChI is InChI=1S/C11H11F6N.C2H7N/c1-18-3-2-7-4-8(10(12,13)14)6-9(5-7)11(15,16)17;1-3-2/h4-6,18H,2-3H2,1H3;3H,1-2H3. The predicted octanol–water partition coefficient (Wildman–Crippen LogP) is 3.32. The lowest BCUT2D eigenvalue weighted by molar-refractivity contribution is -0.143. The molecule has 1 aromatic carbocycles. The summed E-state index contributed by atoms with van der Waals surface area (Å²) in [5, 5.41) is 5.42. The number of halogens is 6. The summed E-state index contributed by atoms with van der Waals surface area (Å²) in [6, 6.07) is 1.61. The summed E-state index contributed by atoms with van der Waals surface area (Å²) in [4.78, 5) is 0. The third-order valence-electron chi connectivity index (χ3n) is 2.31. The molecule has 0 aliphatic rings. The van der Waals surface area contributed by atoms with Crippen molar-refractivity contribution in [1.82, 2.24) is 10.6 Å². The molecule has 8 heteroatoms. The van der Waals surface area contributed by atoms with Gasteiger partial charge in [-0.3, -0.25) is 0 Å². The van der Waals surface area contributed by atoms with Gasteiger partial charge in [-0.1, -0.05) is 0 Å². The third kappa shape index (κ3) is 7.33. The molecule has 0 fully saturated rings. The molecule has 0 saturated heterocycles. The first-order valence-corrected chi connectivity index (χ1v) is 6.07. The first kappa shape index (κ1) is 19.7. The van der Waals surface area contributed by atoms with E-state index in [4.69, 9.17) is 0 Å². The lowest BCUT2D eigenvalue weighted by Gasteiger charge is -2.14. The van der Waals surface area contributed by atoms with Gasteiger partial charge in [-0.25, -0.2) is 0 Å². The summed E-state index contributed by atoms with van der Waals surface area (Å²) in [6.07, 6.45) is -9.46. The van der Waals surface area contributed by atoms with Crippen molar-refractivity contribution in [2.75, 3.05) is 27.7 Å². The van der Waals surface area contributed by atoms with Crippen LogP contribution in [0.1, 0.15) is 16.7 Å². The topological polar surface area (TPSA) is 24.1 Å². The molecule has 0 aliphatic carbocycles. The summed E-state index contributed by atoms with van der Waals surface area (Å²) in [5.74, 6) is 0. The normalized spacial score (nSPS) is 11.9. The lowest BCUT2D eigenvalue weighted by atomic mass is 10.0. The van der Waals surface area contributed by atoms with Crippen molar-refractivity contribution >= 4 is 0 Å². The zero-order valence-corrected chi connectivity index (χ0v) is 11.9. The van der Waals surface area contributed by atoms with Crippen molar-refractivity contribution in [2.24, 2.45) is 0 Å². The Labute approximate surface area is 119 Å². The molecular formula is C13H18F6N2. The second-order valence-corrected chi connectivity index (χ2v) is 4.27. The molecule has 2 N–H and O–H groups in total. The molecular weight excluding hydrogens is 298 g/mol. The first-order chi connectivity index (χ1) is 9.56. The van der Waals surface area contributed by atoms with E-state index in [-0.39, 0.29) is 18.1 Å². The Kier molecular flexibility index (Phi) is 7.73. The van der Waals surface area contributed by atoms with Crippen LogP contribution in [0.3, 0.4) is 0 Å². The summed E-state index contributed by atoms with van der Waals surface area (Å²) < 4.78 is 74.9. The van der Waals surface area contributed by atoms with Crippen molar-refractivity contribution in [2.45, 2.75) is 18.8 Å². The number of rotatable bonds is 3. The van der Waals surface area contributed by atoms with Gasteiger partial charge in [0, 0.05) is 0 Å². The molecule has 1 aromatic rings. The summed E-state index contributed by atoms with van der Waals surface area (Å²) in [6.45, 7) is 0.304. The number of hydrogen-bond acceptors (Lipinski definition) is 2. The van der Waals surface area contributed by atoms with Crippen molar-refractivity contribution in [1.29, 1.82) is 0 Å². The van der Waals surface area contributed by atoms with E-state index in [2.05, 4.69) is 10.6 Å². The number of nitrogens with one attached hydrogen (secondary N) is 2. The fourth-order valence-corrected chi connectivity index (χ4v) is 1.43. The van der Waals surface area contributed by atoms with Crippen molar-refractivity contribution in [3.63, 3.8) is 0 Å². The van der Waals surface area contributed by atoms with Gasteiger partial charge in [0.15, 0.2) is 0 Å². The van der Waals surface area contributed by atoms with Crippen LogP contribution in [0.4, 0.5) is 26.3 Å². The van der Waals surface area contributed by atoms with E-state index in [9.17, 15) is 26.3 Å². The molecule has 0 aliphatic heterocycles. The zero-order chi connectivity index (χ0) is 16.7. The van der Waals surface area contributed by atoms with Gasteiger partial charge in [0.25, 0.3) is 0 Å². The lowest BCUT2D eigenvalue weighted by Crippen LogP contribution is -2.14. The van der Waals surface area contributed by atoms with Crippen LogP contribution in [0, 0.1) is 0 Å². The molecule has 21 heavy (non-hydrogen) atoms. The van der Waals surface area contributed by atoms with Crippen molar-refractivity contribution in [3.8, 4) is 0 Å². The molecule has 0 bridgehead atoms. The van der Waals surface area contributed by atoms with Crippen LogP contribution in [0.25, 0.3) is 0 Å². The number of benzene rings is 1. The number of alkyl halides is 6. The van der Waals surface area contributed by atoms with Gasteiger partial charge in [0.05, 0.1) is 11.1 Å². The molecule has 0 amide bonds. The summed E-state index contributed by atoms with van der Waals surface area (Å²) in [5.41, 5.74) is -2.54. The first-order valence-electron chi connectivity index (χ1n) is 6.07. The van der Waals surface area contributed by atoms with Crippen LogP contribution >= 0.6 is 0 Å². The maximum atomic E-state index is 12.5. The van der Waals surface area contributed by atoms with E-state index in [1.807, 2.05) is 14.1 Å². The van der Waals surface area contributed by atoms with Crippen LogP contribution in [0.2, 0.25) is 0 Å². The van der Waals surface area contributed by atoms with Crippen molar-refractivity contribution < 1.29 is 26.3 Å². The summed E-state index contributed by atoms with van der Waals surface area (Å²) in [7, 11) is 5.32. The Bertz CT molecular complexity index is 393. The fraction of sp³-hybridized carbons (Fsp3) is 0.538. The van der Waals surface area contributed by atoms with Gasteiger partial charge in [0.1, 0.15) is 0 Å². The molecule has 0 spiro atoms. The largest absolute Gasteiger partial charge is 0.416 e. The van der Waals surface area contributed by atoms with Gasteiger partial charge in [-0.15, -0.1) is 0 Å². The molecule has 0 atom stereocenters. The van der Waals surface area contributed by atoms with Crippen LogP contribution in [0.5, 0.6) is 0 Å². The highest BCUT2D eigenvalue weighted by Crippen LogP contribution is 2.36. The number of likely N-dealkylation sites (N-methyl/N-ethyl adjacent to an activating group) is 1. The Morgan fingerprint density at radius 3 is 1.48 bits per heavy atom. The predicted molar refractivity (Wildman–Crippen MR) is 69.1 cm³/mol. The van der Waals surface area contributed by atoms with Crippen LogP contribution in [-0.2, 0) is 18.8 Å². The molecule has 0 aromatic heterocycles. The Hall–Kier alpha value is -1.28. The van der Waals surface area contributed by atoms with E-state index in [1.165, 1.54) is 0 Å². The van der Waals surface area contributed by atoms with E-state index in [0.29, 0.717) is 6.54 Å². The van der Waals surface area contributed by atoms with Gasteiger partial charge >= 0.3 is 12.4 Å². The molecule has 0 radical (unpaired) electrons. The zero-order valence-electron chi connectivity index (χ0n) is 11.9. The third-order valence-corrected chi connectivity index (χ3v) is 2.31. The second kappa shape index (κ2) is 8.23. The maximum absolute atomic E-state index is 12.5. The smallest absolute Gasteiger partial charge is 0.323 e. The molecule has 1 rings (SSSR count). The average molecular weight is 316 g/mol. The van der Waals surface area contributed by atoms with Crippen LogP contribution in [0.15, 0.2) is 18.2 Å². The highest BCUT2D eigenvalue weighted by molar-refractivity contribution is 5.33. The molecule has 0 heterocycles. The highest BCUT2D eigenvalue weighted by Gasteiger charge is 2.36. The van der Waals surface area contributed by atoms with Gasteiger partial charge < -0.3 is 10.6 Å². The minimum Gasteiger partial charge on any atom is -0.323 e. The minimum absolute atomic E-state index is 0.00602. The SMILES string of the molecule is CNC.CNCCc1cc(C(F)(F)F)cc(C(F)(F)F)c1. The Morgan fingerprint density at radius 2 is 1.19 bits per heavy atom. The summed E-state index contributed by atoms with van der Waals surface area (Å²) >= 11 is 0. The fourth-order valence-electron chi connectivity index (χ4n) is 1.43. The monoisotopic (exact) mass is 316 g/mol. The Balaban J connectivity index is 0.00000122. The van der Waals surface area contributed by atoms with E-state index in [0.717, 1.165) is 12.1 Å². The van der Waals surface area contributed by atoms with E-state index < -0.39 is 23.5 Å². The molecule has 0 unspecified atom stereocenters. The molecule has 0 saturated carbocycles. The molecule has 2 nitrogen and oxygen atoms in total. The van der Waals surface area contributed by atoms with Gasteiger partial charge in [0.2, 0.25) is 0 Å². The average Bonchev–Trinajstić information content (AvgIpc) is 2.35. The maximum Gasteiger partial charge on any atom is 0.416 e. The molecule has 122 valence electrons. The van der Waals surface area contributed by atoms with Gasteiger partial charge in [-0.05, 0) is 57.9 Å². The van der Waals surface area contributed by atoms with E-state index in [1.54, 1.807) is 7.05 Å². The van der Waals surface area contributed by atoms with Gasteiger partial charge in [-0.2, -0.15) is 26.3 Å². The van der Waals surface area contributed by atoms with E-state index >= 15 is 0 Å². The van der Waals surface area contributed by atoms with Crippen molar-refractivity contribution in [3.05, 3.63) is 34.9 Å². The quantitative estimate of drug-likeness (QED) is 0.836. The highest BCUT2D eigenvalue weighted by atomic mass is 19.4. The van der Waals surface area contributed by atoms with Crippen LogP contribution in [-0.4, -0.2) is 27.7 Å².